The molecular formula is C17H35N5S. The minimum Gasteiger partial charge on any atom is -0.356 e. The van der Waals surface area contributed by atoms with Crippen molar-refractivity contribution in [1.29, 1.82) is 0 Å². The van der Waals surface area contributed by atoms with E-state index in [1.54, 1.807) is 0 Å². The molecule has 2 fully saturated rings. The van der Waals surface area contributed by atoms with Crippen LogP contribution < -0.4 is 10.6 Å². The number of aliphatic imine (C=N–C) groups is 1. The third kappa shape index (κ3) is 6.89. The maximum atomic E-state index is 4.35. The van der Waals surface area contributed by atoms with Crippen molar-refractivity contribution in [3.05, 3.63) is 0 Å². The van der Waals surface area contributed by atoms with E-state index in [9.17, 15) is 0 Å². The Morgan fingerprint density at radius 1 is 1.22 bits per heavy atom. The fraction of sp³-hybridized carbons (Fsp3) is 0.941. The largest absolute Gasteiger partial charge is 0.356 e. The number of thioether (sulfide) groups is 1. The van der Waals surface area contributed by atoms with Gasteiger partial charge in [-0.25, -0.2) is 0 Å². The molecule has 2 atom stereocenters. The predicted molar refractivity (Wildman–Crippen MR) is 103 cm³/mol. The minimum atomic E-state index is 0.641. The van der Waals surface area contributed by atoms with Crippen LogP contribution in [0.5, 0.6) is 0 Å². The van der Waals surface area contributed by atoms with Crippen molar-refractivity contribution >= 4 is 17.7 Å². The number of hydrogen-bond donors (Lipinski definition) is 2. The summed E-state index contributed by atoms with van der Waals surface area (Å²) in [6.07, 6.45) is 2.71. The molecule has 0 bridgehead atoms. The molecule has 0 aromatic rings. The standard InChI is InChI=1S/C17H35N5S/c1-4-21-7-9-22(10-8-21)14-15(2)12-19-17(18-3)20-13-16-6-5-11-23-16/h15-16H,4-14H2,1-3H3,(H2,18,19,20). The Morgan fingerprint density at radius 2 is 1.96 bits per heavy atom. The van der Waals surface area contributed by atoms with E-state index >= 15 is 0 Å². The first kappa shape index (κ1) is 18.9. The summed E-state index contributed by atoms with van der Waals surface area (Å²) in [4.78, 5) is 9.49. The molecule has 2 aliphatic heterocycles. The Balaban J connectivity index is 1.59. The second kappa shape index (κ2) is 10.4. The molecule has 23 heavy (non-hydrogen) atoms. The van der Waals surface area contributed by atoms with Crippen molar-refractivity contribution in [2.45, 2.75) is 31.9 Å². The lowest BCUT2D eigenvalue weighted by atomic mass is 10.1. The van der Waals surface area contributed by atoms with E-state index in [0.29, 0.717) is 5.92 Å². The summed E-state index contributed by atoms with van der Waals surface area (Å²) in [6, 6.07) is 0. The van der Waals surface area contributed by atoms with Crippen LogP contribution in [-0.2, 0) is 0 Å². The molecule has 0 spiro atoms. The van der Waals surface area contributed by atoms with Crippen LogP contribution in [0.15, 0.2) is 4.99 Å². The van der Waals surface area contributed by atoms with Crippen LogP contribution in [0, 0.1) is 5.92 Å². The number of nitrogens with zero attached hydrogens (tertiary/aromatic N) is 3. The molecule has 2 N–H and O–H groups in total. The van der Waals surface area contributed by atoms with Gasteiger partial charge in [-0.3, -0.25) is 4.99 Å². The topological polar surface area (TPSA) is 42.9 Å². The lowest BCUT2D eigenvalue weighted by molar-refractivity contribution is 0.124. The maximum absolute atomic E-state index is 4.35. The average Bonchev–Trinajstić information content (AvgIpc) is 3.09. The van der Waals surface area contributed by atoms with Gasteiger partial charge >= 0.3 is 0 Å². The minimum absolute atomic E-state index is 0.641. The molecule has 2 aliphatic rings. The van der Waals surface area contributed by atoms with E-state index in [1.165, 1.54) is 57.9 Å². The van der Waals surface area contributed by atoms with E-state index in [4.69, 9.17) is 0 Å². The van der Waals surface area contributed by atoms with Crippen LogP contribution >= 0.6 is 11.8 Å². The third-order valence-electron chi connectivity index (χ3n) is 4.84. The highest BCUT2D eigenvalue weighted by Gasteiger charge is 2.18. The van der Waals surface area contributed by atoms with Gasteiger partial charge in [0.2, 0.25) is 0 Å². The zero-order valence-corrected chi connectivity index (χ0v) is 16.0. The molecule has 5 nitrogen and oxygen atoms in total. The highest BCUT2D eigenvalue weighted by molar-refractivity contribution is 8.00. The predicted octanol–water partition coefficient (Wildman–Crippen LogP) is 1.32. The van der Waals surface area contributed by atoms with Crippen molar-refractivity contribution < 1.29 is 0 Å². The van der Waals surface area contributed by atoms with E-state index in [1.807, 2.05) is 7.05 Å². The molecule has 0 aliphatic carbocycles. The summed E-state index contributed by atoms with van der Waals surface area (Å²) >= 11 is 2.09. The van der Waals surface area contributed by atoms with Gasteiger partial charge in [-0.15, -0.1) is 0 Å². The zero-order chi connectivity index (χ0) is 16.5. The summed E-state index contributed by atoms with van der Waals surface area (Å²) in [5, 5.41) is 7.74. The summed E-state index contributed by atoms with van der Waals surface area (Å²) in [7, 11) is 1.87. The van der Waals surface area contributed by atoms with E-state index < -0.39 is 0 Å². The number of likely N-dealkylation sites (N-methyl/N-ethyl adjacent to an activating group) is 1. The number of nitrogens with one attached hydrogen (secondary N) is 2. The van der Waals surface area contributed by atoms with Gasteiger partial charge in [0.05, 0.1) is 0 Å². The van der Waals surface area contributed by atoms with Crippen LogP contribution in [0.1, 0.15) is 26.7 Å². The molecule has 0 radical (unpaired) electrons. The maximum Gasteiger partial charge on any atom is 0.191 e. The monoisotopic (exact) mass is 341 g/mol. The van der Waals surface area contributed by atoms with Crippen LogP contribution in [0.3, 0.4) is 0 Å². The van der Waals surface area contributed by atoms with Crippen molar-refractivity contribution in [2.24, 2.45) is 10.9 Å². The Kier molecular flexibility index (Phi) is 8.55. The highest BCUT2D eigenvalue weighted by atomic mass is 32.2. The highest BCUT2D eigenvalue weighted by Crippen LogP contribution is 2.25. The Bertz CT molecular complexity index is 349. The van der Waals surface area contributed by atoms with Gasteiger partial charge in [0.15, 0.2) is 5.96 Å². The van der Waals surface area contributed by atoms with Gasteiger partial charge in [-0.1, -0.05) is 13.8 Å². The van der Waals surface area contributed by atoms with Crippen LogP contribution in [-0.4, -0.2) is 86.2 Å². The molecule has 2 heterocycles. The van der Waals surface area contributed by atoms with Gasteiger partial charge in [-0.05, 0) is 31.1 Å². The Morgan fingerprint density at radius 3 is 2.57 bits per heavy atom. The van der Waals surface area contributed by atoms with Crippen LogP contribution in [0.4, 0.5) is 0 Å². The molecule has 6 heteroatoms. The molecule has 2 unspecified atom stereocenters. The number of piperazine rings is 1. The van der Waals surface area contributed by atoms with Gasteiger partial charge < -0.3 is 20.4 Å². The van der Waals surface area contributed by atoms with Crippen molar-refractivity contribution in [3.63, 3.8) is 0 Å². The summed E-state index contributed by atoms with van der Waals surface area (Å²) < 4.78 is 0. The zero-order valence-electron chi connectivity index (χ0n) is 15.2. The van der Waals surface area contributed by atoms with Gasteiger partial charge in [0.25, 0.3) is 0 Å². The van der Waals surface area contributed by atoms with Crippen molar-refractivity contribution in [1.82, 2.24) is 20.4 Å². The van der Waals surface area contributed by atoms with Crippen molar-refractivity contribution in [2.75, 3.05) is 65.2 Å². The summed E-state index contributed by atoms with van der Waals surface area (Å²) in [5.41, 5.74) is 0. The average molecular weight is 342 g/mol. The number of hydrogen-bond acceptors (Lipinski definition) is 4. The van der Waals surface area contributed by atoms with Crippen LogP contribution in [0.2, 0.25) is 0 Å². The molecular weight excluding hydrogens is 306 g/mol. The molecule has 0 aromatic heterocycles. The SMILES string of the molecule is CCN1CCN(CC(C)CNC(=NC)NCC2CCCS2)CC1. The van der Waals surface area contributed by atoms with Gasteiger partial charge in [-0.2, -0.15) is 11.8 Å². The molecule has 0 amide bonds. The Hall–Kier alpha value is -0.460. The lowest BCUT2D eigenvalue weighted by Gasteiger charge is -2.35. The molecule has 2 saturated heterocycles. The van der Waals surface area contributed by atoms with E-state index in [-0.39, 0.29) is 0 Å². The van der Waals surface area contributed by atoms with Gasteiger partial charge in [0.1, 0.15) is 0 Å². The molecule has 2 rings (SSSR count). The molecule has 134 valence electrons. The fourth-order valence-corrected chi connectivity index (χ4v) is 4.50. The second-order valence-electron chi connectivity index (χ2n) is 6.81. The molecule has 0 aromatic carbocycles. The van der Waals surface area contributed by atoms with Gasteiger partial charge in [0, 0.05) is 58.1 Å². The summed E-state index contributed by atoms with van der Waals surface area (Å²) in [6.45, 7) is 13.9. The summed E-state index contributed by atoms with van der Waals surface area (Å²) in [5.74, 6) is 2.92. The van der Waals surface area contributed by atoms with E-state index in [0.717, 1.165) is 24.3 Å². The molecule has 0 saturated carbocycles. The Labute approximate surface area is 146 Å². The lowest BCUT2D eigenvalue weighted by Crippen LogP contribution is -2.48. The van der Waals surface area contributed by atoms with Crippen molar-refractivity contribution in [3.8, 4) is 0 Å². The quantitative estimate of drug-likeness (QED) is 0.540. The first-order valence-electron chi connectivity index (χ1n) is 9.22. The van der Waals surface area contributed by atoms with E-state index in [2.05, 4.69) is 51.0 Å². The first-order valence-corrected chi connectivity index (χ1v) is 10.3. The normalized spacial score (nSPS) is 25.5. The van der Waals surface area contributed by atoms with Crippen LogP contribution in [0.25, 0.3) is 0 Å². The smallest absolute Gasteiger partial charge is 0.191 e. The number of rotatable bonds is 7. The third-order valence-corrected chi connectivity index (χ3v) is 6.24. The fourth-order valence-electron chi connectivity index (χ4n) is 3.30. The first-order chi connectivity index (χ1) is 11.2. The second-order valence-corrected chi connectivity index (χ2v) is 8.22. The number of guanidine groups is 1.